The Morgan fingerprint density at radius 1 is 1.05 bits per heavy atom. The second-order valence-corrected chi connectivity index (χ2v) is 4.98. The maximum Gasteiger partial charge on any atom is 0.159 e. The number of benzene rings is 2. The first-order valence-corrected chi connectivity index (χ1v) is 6.78. The average molecular weight is 275 g/mol. The molecule has 0 aliphatic carbocycles. The Morgan fingerprint density at radius 2 is 1.80 bits per heavy atom. The number of hydrogen-bond donors (Lipinski definition) is 1. The SMILES string of the molecule is CNC(CCc1ccccc1C)c1ccc(F)c(F)c1. The van der Waals surface area contributed by atoms with E-state index in [1.54, 1.807) is 6.07 Å². The van der Waals surface area contributed by atoms with Crippen LogP contribution >= 0.6 is 0 Å². The third kappa shape index (κ3) is 3.42. The molecule has 0 amide bonds. The minimum absolute atomic E-state index is 0.0182. The largest absolute Gasteiger partial charge is 0.313 e. The van der Waals surface area contributed by atoms with Crippen LogP contribution in [0, 0.1) is 18.6 Å². The molecule has 2 aromatic carbocycles. The fourth-order valence-electron chi connectivity index (χ4n) is 2.40. The van der Waals surface area contributed by atoms with Crippen LogP contribution in [0.15, 0.2) is 42.5 Å². The summed E-state index contributed by atoms with van der Waals surface area (Å²) in [4.78, 5) is 0. The van der Waals surface area contributed by atoms with Crippen molar-refractivity contribution in [2.45, 2.75) is 25.8 Å². The fourth-order valence-corrected chi connectivity index (χ4v) is 2.40. The molecule has 20 heavy (non-hydrogen) atoms. The van der Waals surface area contributed by atoms with Crippen molar-refractivity contribution in [3.63, 3.8) is 0 Å². The number of aryl methyl sites for hydroxylation is 2. The second-order valence-electron chi connectivity index (χ2n) is 4.98. The van der Waals surface area contributed by atoms with Gasteiger partial charge in [0.15, 0.2) is 11.6 Å². The van der Waals surface area contributed by atoms with Gasteiger partial charge in [-0.05, 0) is 55.6 Å². The first-order valence-electron chi connectivity index (χ1n) is 6.78. The lowest BCUT2D eigenvalue weighted by Crippen LogP contribution is -2.17. The topological polar surface area (TPSA) is 12.0 Å². The van der Waals surface area contributed by atoms with E-state index in [1.165, 1.54) is 23.3 Å². The molecule has 0 radical (unpaired) electrons. The molecule has 0 bridgehead atoms. The zero-order chi connectivity index (χ0) is 14.5. The molecule has 3 heteroatoms. The van der Waals surface area contributed by atoms with Crippen LogP contribution in [0.25, 0.3) is 0 Å². The first kappa shape index (κ1) is 14.7. The van der Waals surface area contributed by atoms with Crippen molar-refractivity contribution in [3.05, 3.63) is 70.8 Å². The monoisotopic (exact) mass is 275 g/mol. The molecule has 0 heterocycles. The summed E-state index contributed by atoms with van der Waals surface area (Å²) in [7, 11) is 1.84. The molecule has 2 rings (SSSR count). The van der Waals surface area contributed by atoms with Gasteiger partial charge in [0.25, 0.3) is 0 Å². The van der Waals surface area contributed by atoms with E-state index in [-0.39, 0.29) is 6.04 Å². The van der Waals surface area contributed by atoms with Gasteiger partial charge >= 0.3 is 0 Å². The highest BCUT2D eigenvalue weighted by molar-refractivity contribution is 5.27. The van der Waals surface area contributed by atoms with Crippen LogP contribution < -0.4 is 5.32 Å². The van der Waals surface area contributed by atoms with E-state index in [0.717, 1.165) is 18.4 Å². The van der Waals surface area contributed by atoms with Crippen LogP contribution in [-0.2, 0) is 6.42 Å². The molecule has 0 aliphatic heterocycles. The van der Waals surface area contributed by atoms with Crippen LogP contribution in [0.4, 0.5) is 8.78 Å². The van der Waals surface area contributed by atoms with Crippen molar-refractivity contribution in [3.8, 4) is 0 Å². The van der Waals surface area contributed by atoms with Crippen LogP contribution in [0.2, 0.25) is 0 Å². The van der Waals surface area contributed by atoms with Gasteiger partial charge in [0.05, 0.1) is 0 Å². The third-order valence-electron chi connectivity index (χ3n) is 3.66. The van der Waals surface area contributed by atoms with Gasteiger partial charge in [0, 0.05) is 6.04 Å². The normalized spacial score (nSPS) is 12.4. The molecule has 1 atom stereocenters. The molecule has 0 saturated carbocycles. The first-order chi connectivity index (χ1) is 9.61. The summed E-state index contributed by atoms with van der Waals surface area (Å²) in [6, 6.07) is 12.3. The molecule has 0 aliphatic rings. The molecule has 1 unspecified atom stereocenters. The highest BCUT2D eigenvalue weighted by Gasteiger charge is 2.12. The van der Waals surface area contributed by atoms with Gasteiger partial charge in [0.2, 0.25) is 0 Å². The summed E-state index contributed by atoms with van der Waals surface area (Å²) >= 11 is 0. The zero-order valence-electron chi connectivity index (χ0n) is 11.8. The van der Waals surface area contributed by atoms with E-state index in [2.05, 4.69) is 24.4 Å². The van der Waals surface area contributed by atoms with Crippen molar-refractivity contribution >= 4 is 0 Å². The minimum atomic E-state index is -0.803. The Labute approximate surface area is 118 Å². The van der Waals surface area contributed by atoms with Gasteiger partial charge in [-0.3, -0.25) is 0 Å². The highest BCUT2D eigenvalue weighted by atomic mass is 19.2. The third-order valence-corrected chi connectivity index (χ3v) is 3.66. The van der Waals surface area contributed by atoms with Crippen LogP contribution in [0.1, 0.15) is 29.2 Å². The average Bonchev–Trinajstić information content (AvgIpc) is 2.45. The zero-order valence-corrected chi connectivity index (χ0v) is 11.8. The summed E-state index contributed by atoms with van der Waals surface area (Å²) < 4.78 is 26.3. The van der Waals surface area contributed by atoms with Gasteiger partial charge in [-0.25, -0.2) is 8.78 Å². The van der Waals surface area contributed by atoms with Gasteiger partial charge in [-0.2, -0.15) is 0 Å². The van der Waals surface area contributed by atoms with Crippen molar-refractivity contribution < 1.29 is 8.78 Å². The van der Waals surface area contributed by atoms with Gasteiger partial charge < -0.3 is 5.32 Å². The highest BCUT2D eigenvalue weighted by Crippen LogP contribution is 2.22. The number of halogens is 2. The van der Waals surface area contributed by atoms with Crippen LogP contribution in [0.3, 0.4) is 0 Å². The summed E-state index contributed by atoms with van der Waals surface area (Å²) in [6.07, 6.45) is 1.74. The number of nitrogens with one attached hydrogen (secondary N) is 1. The lowest BCUT2D eigenvalue weighted by molar-refractivity contribution is 0.496. The summed E-state index contributed by atoms with van der Waals surface area (Å²) in [5.41, 5.74) is 3.32. The summed E-state index contributed by atoms with van der Waals surface area (Å²) in [6.45, 7) is 2.08. The Morgan fingerprint density at radius 3 is 2.45 bits per heavy atom. The molecule has 0 aromatic heterocycles. The van der Waals surface area contributed by atoms with Crippen LogP contribution in [-0.4, -0.2) is 7.05 Å². The standard InChI is InChI=1S/C17H19F2N/c1-12-5-3-4-6-13(12)8-10-17(20-2)14-7-9-15(18)16(19)11-14/h3-7,9,11,17,20H,8,10H2,1-2H3. The quantitative estimate of drug-likeness (QED) is 0.863. The van der Waals surface area contributed by atoms with Gasteiger partial charge in [-0.1, -0.05) is 30.3 Å². The maximum absolute atomic E-state index is 13.3. The smallest absolute Gasteiger partial charge is 0.159 e. The Kier molecular flexibility index (Phi) is 4.85. The van der Waals surface area contributed by atoms with Gasteiger partial charge in [-0.15, -0.1) is 0 Å². The van der Waals surface area contributed by atoms with Crippen molar-refractivity contribution in [1.82, 2.24) is 5.32 Å². The van der Waals surface area contributed by atoms with E-state index >= 15 is 0 Å². The Balaban J connectivity index is 2.09. The maximum atomic E-state index is 13.3. The summed E-state index contributed by atoms with van der Waals surface area (Å²) in [5.74, 6) is -1.60. The van der Waals surface area contributed by atoms with E-state index in [9.17, 15) is 8.78 Å². The van der Waals surface area contributed by atoms with E-state index in [4.69, 9.17) is 0 Å². The lowest BCUT2D eigenvalue weighted by atomic mass is 9.97. The predicted molar refractivity (Wildman–Crippen MR) is 77.7 cm³/mol. The minimum Gasteiger partial charge on any atom is -0.313 e. The predicted octanol–water partition coefficient (Wildman–Crippen LogP) is 4.17. The Hall–Kier alpha value is -1.74. The molecule has 0 spiro atoms. The van der Waals surface area contributed by atoms with E-state index in [1.807, 2.05) is 19.2 Å². The lowest BCUT2D eigenvalue weighted by Gasteiger charge is -2.17. The summed E-state index contributed by atoms with van der Waals surface area (Å²) in [5, 5.41) is 3.17. The van der Waals surface area contributed by atoms with E-state index in [0.29, 0.717) is 0 Å². The van der Waals surface area contributed by atoms with E-state index < -0.39 is 11.6 Å². The molecular formula is C17H19F2N. The molecule has 2 aromatic rings. The van der Waals surface area contributed by atoms with Crippen molar-refractivity contribution in [2.75, 3.05) is 7.05 Å². The Bertz CT molecular complexity index is 581. The molecular weight excluding hydrogens is 256 g/mol. The number of hydrogen-bond acceptors (Lipinski definition) is 1. The van der Waals surface area contributed by atoms with Gasteiger partial charge in [0.1, 0.15) is 0 Å². The number of rotatable bonds is 5. The second kappa shape index (κ2) is 6.62. The van der Waals surface area contributed by atoms with Crippen LogP contribution in [0.5, 0.6) is 0 Å². The molecule has 1 N–H and O–H groups in total. The molecule has 1 nitrogen and oxygen atoms in total. The molecule has 106 valence electrons. The molecule has 0 saturated heterocycles. The molecule has 0 fully saturated rings. The van der Waals surface area contributed by atoms with Crippen molar-refractivity contribution in [2.24, 2.45) is 0 Å². The fraction of sp³-hybridized carbons (Fsp3) is 0.294. The van der Waals surface area contributed by atoms with Crippen molar-refractivity contribution in [1.29, 1.82) is 0 Å².